The maximum absolute atomic E-state index is 12.9. The molecule has 2 N–H and O–H groups in total. The fraction of sp³-hybridized carbons (Fsp3) is 0.389. The third kappa shape index (κ3) is 5.24. The number of thioether (sulfide) groups is 1. The molecule has 25 heavy (non-hydrogen) atoms. The molecule has 0 spiro atoms. The Hall–Kier alpha value is -1.99. The van der Waals surface area contributed by atoms with Crippen molar-refractivity contribution in [3.8, 4) is 0 Å². The van der Waals surface area contributed by atoms with Crippen LogP contribution in [0.2, 0.25) is 0 Å². The Balaban J connectivity index is 1.51. The van der Waals surface area contributed by atoms with Gasteiger partial charge in [0.05, 0.1) is 18.6 Å². The predicted octanol–water partition coefficient (Wildman–Crippen LogP) is 3.01. The SMILES string of the molecule is O=C(NCc1ccc(F)cc1)NC[C@@H](c1ccoc1)N1CCSCC1. The highest BCUT2D eigenvalue weighted by atomic mass is 32.2. The van der Waals surface area contributed by atoms with Crippen molar-refractivity contribution in [2.24, 2.45) is 0 Å². The normalized spacial score (nSPS) is 16.4. The van der Waals surface area contributed by atoms with E-state index in [1.54, 1.807) is 24.7 Å². The quantitative estimate of drug-likeness (QED) is 0.828. The zero-order valence-electron chi connectivity index (χ0n) is 13.9. The number of hydrogen-bond acceptors (Lipinski definition) is 4. The first kappa shape index (κ1) is 17.8. The highest BCUT2D eigenvalue weighted by Gasteiger charge is 2.23. The lowest BCUT2D eigenvalue weighted by molar-refractivity contribution is 0.205. The number of carbonyl (C=O) groups excluding carboxylic acids is 1. The van der Waals surface area contributed by atoms with Gasteiger partial charge < -0.3 is 15.1 Å². The Bertz CT molecular complexity index is 657. The summed E-state index contributed by atoms with van der Waals surface area (Å²) in [6, 6.07) is 7.92. The van der Waals surface area contributed by atoms with E-state index in [1.165, 1.54) is 12.1 Å². The van der Waals surface area contributed by atoms with Crippen LogP contribution < -0.4 is 10.6 Å². The zero-order chi connectivity index (χ0) is 17.5. The molecule has 1 aliphatic heterocycles. The molecule has 5 nitrogen and oxygen atoms in total. The Kier molecular flexibility index (Phi) is 6.36. The fourth-order valence-corrected chi connectivity index (χ4v) is 3.78. The van der Waals surface area contributed by atoms with Crippen molar-refractivity contribution in [3.05, 3.63) is 59.8 Å². The third-order valence-electron chi connectivity index (χ3n) is 4.24. The Morgan fingerprint density at radius 3 is 2.64 bits per heavy atom. The number of rotatable bonds is 6. The van der Waals surface area contributed by atoms with Gasteiger partial charge >= 0.3 is 6.03 Å². The number of amides is 2. The second kappa shape index (κ2) is 8.92. The molecule has 0 bridgehead atoms. The van der Waals surface area contributed by atoms with Gasteiger partial charge in [-0.25, -0.2) is 9.18 Å². The Morgan fingerprint density at radius 1 is 1.20 bits per heavy atom. The third-order valence-corrected chi connectivity index (χ3v) is 5.18. The van der Waals surface area contributed by atoms with Crippen LogP contribution in [0.15, 0.2) is 47.3 Å². The van der Waals surface area contributed by atoms with E-state index in [2.05, 4.69) is 15.5 Å². The minimum Gasteiger partial charge on any atom is -0.472 e. The van der Waals surface area contributed by atoms with Crippen LogP contribution in [0.3, 0.4) is 0 Å². The lowest BCUT2D eigenvalue weighted by atomic mass is 10.1. The van der Waals surface area contributed by atoms with Crippen LogP contribution in [-0.2, 0) is 6.54 Å². The van der Waals surface area contributed by atoms with Gasteiger partial charge in [-0.15, -0.1) is 0 Å². The summed E-state index contributed by atoms with van der Waals surface area (Å²) in [6.45, 7) is 2.88. The fourth-order valence-electron chi connectivity index (χ4n) is 2.85. The molecule has 0 unspecified atom stereocenters. The van der Waals surface area contributed by atoms with Gasteiger partial charge in [0.25, 0.3) is 0 Å². The average molecular weight is 363 g/mol. The van der Waals surface area contributed by atoms with E-state index in [0.29, 0.717) is 13.1 Å². The highest BCUT2D eigenvalue weighted by Crippen LogP contribution is 2.24. The average Bonchev–Trinajstić information content (AvgIpc) is 3.17. The number of nitrogens with zero attached hydrogens (tertiary/aromatic N) is 1. The van der Waals surface area contributed by atoms with E-state index >= 15 is 0 Å². The van der Waals surface area contributed by atoms with Crippen molar-refractivity contribution in [2.75, 3.05) is 31.1 Å². The van der Waals surface area contributed by atoms with Gasteiger partial charge in [0.15, 0.2) is 0 Å². The maximum Gasteiger partial charge on any atom is 0.315 e. The number of benzene rings is 1. The van der Waals surface area contributed by atoms with Crippen LogP contribution in [-0.4, -0.2) is 42.1 Å². The molecule has 1 fully saturated rings. The number of hydrogen-bond donors (Lipinski definition) is 2. The number of carbonyl (C=O) groups is 1. The topological polar surface area (TPSA) is 57.5 Å². The summed E-state index contributed by atoms with van der Waals surface area (Å²) in [5.41, 5.74) is 1.93. The van der Waals surface area contributed by atoms with E-state index in [4.69, 9.17) is 4.42 Å². The highest BCUT2D eigenvalue weighted by molar-refractivity contribution is 7.99. The van der Waals surface area contributed by atoms with Crippen LogP contribution >= 0.6 is 11.8 Å². The number of nitrogens with one attached hydrogen (secondary N) is 2. The van der Waals surface area contributed by atoms with E-state index in [0.717, 1.165) is 35.7 Å². The molecule has 1 atom stereocenters. The molecule has 7 heteroatoms. The van der Waals surface area contributed by atoms with Gasteiger partial charge in [0, 0.05) is 43.2 Å². The molecule has 0 radical (unpaired) electrons. The predicted molar refractivity (Wildman–Crippen MR) is 97.0 cm³/mol. The first-order valence-corrected chi connectivity index (χ1v) is 9.48. The largest absolute Gasteiger partial charge is 0.472 e. The molecule has 2 heterocycles. The summed E-state index contributed by atoms with van der Waals surface area (Å²) in [7, 11) is 0. The molecule has 2 amide bonds. The second-order valence-corrected chi connectivity index (χ2v) is 7.14. The molecule has 1 aliphatic rings. The van der Waals surface area contributed by atoms with Crippen LogP contribution in [0.4, 0.5) is 9.18 Å². The minimum atomic E-state index is -0.282. The Labute approximate surface area is 151 Å². The second-order valence-electron chi connectivity index (χ2n) is 5.91. The first-order chi connectivity index (χ1) is 12.2. The lowest BCUT2D eigenvalue weighted by Gasteiger charge is -2.33. The summed E-state index contributed by atoms with van der Waals surface area (Å²) >= 11 is 1.95. The molecule has 1 aromatic carbocycles. The molecule has 0 saturated carbocycles. The number of halogens is 1. The summed E-state index contributed by atoms with van der Waals surface area (Å²) in [5.74, 6) is 1.92. The smallest absolute Gasteiger partial charge is 0.315 e. The molecule has 2 aromatic rings. The molecule has 0 aliphatic carbocycles. The van der Waals surface area contributed by atoms with E-state index < -0.39 is 0 Å². The van der Waals surface area contributed by atoms with Crippen molar-refractivity contribution in [1.29, 1.82) is 0 Å². The summed E-state index contributed by atoms with van der Waals surface area (Å²) in [4.78, 5) is 14.5. The van der Waals surface area contributed by atoms with Crippen molar-refractivity contribution >= 4 is 17.8 Å². The zero-order valence-corrected chi connectivity index (χ0v) is 14.7. The van der Waals surface area contributed by atoms with Gasteiger partial charge in [-0.1, -0.05) is 12.1 Å². The molecule has 134 valence electrons. The number of urea groups is 1. The van der Waals surface area contributed by atoms with Crippen LogP contribution in [0.1, 0.15) is 17.2 Å². The standard InChI is InChI=1S/C18H22FN3O2S/c19-16-3-1-14(2-4-16)11-20-18(23)21-12-17(15-5-8-24-13-15)22-6-9-25-10-7-22/h1-5,8,13,17H,6-7,9-12H2,(H2,20,21,23)/t17-/m0/s1. The van der Waals surface area contributed by atoms with Crippen molar-refractivity contribution in [2.45, 2.75) is 12.6 Å². The molecular formula is C18H22FN3O2S. The van der Waals surface area contributed by atoms with Crippen molar-refractivity contribution in [3.63, 3.8) is 0 Å². The van der Waals surface area contributed by atoms with Crippen molar-refractivity contribution in [1.82, 2.24) is 15.5 Å². The molecule has 3 rings (SSSR count). The monoisotopic (exact) mass is 363 g/mol. The van der Waals surface area contributed by atoms with Crippen molar-refractivity contribution < 1.29 is 13.6 Å². The molecular weight excluding hydrogens is 341 g/mol. The molecule has 1 saturated heterocycles. The van der Waals surface area contributed by atoms with Crippen LogP contribution in [0, 0.1) is 5.82 Å². The van der Waals surface area contributed by atoms with E-state index in [1.807, 2.05) is 17.8 Å². The lowest BCUT2D eigenvalue weighted by Crippen LogP contribution is -2.44. The summed E-state index contributed by atoms with van der Waals surface area (Å²) < 4.78 is 18.1. The van der Waals surface area contributed by atoms with Gasteiger partial charge in [-0.3, -0.25) is 4.90 Å². The minimum absolute atomic E-state index is 0.108. The van der Waals surface area contributed by atoms with Gasteiger partial charge in [-0.2, -0.15) is 11.8 Å². The van der Waals surface area contributed by atoms with Gasteiger partial charge in [0.2, 0.25) is 0 Å². The van der Waals surface area contributed by atoms with E-state index in [9.17, 15) is 9.18 Å². The summed E-state index contributed by atoms with van der Waals surface area (Å²) in [5, 5.41) is 5.74. The maximum atomic E-state index is 12.9. The first-order valence-electron chi connectivity index (χ1n) is 8.32. The number of furan rings is 1. The van der Waals surface area contributed by atoms with Crippen LogP contribution in [0.25, 0.3) is 0 Å². The van der Waals surface area contributed by atoms with Gasteiger partial charge in [-0.05, 0) is 23.8 Å². The Morgan fingerprint density at radius 2 is 1.96 bits per heavy atom. The van der Waals surface area contributed by atoms with Gasteiger partial charge in [0.1, 0.15) is 5.82 Å². The molecule has 1 aromatic heterocycles. The summed E-state index contributed by atoms with van der Waals surface area (Å²) in [6.07, 6.45) is 3.40. The van der Waals surface area contributed by atoms with Crippen LogP contribution in [0.5, 0.6) is 0 Å². The van der Waals surface area contributed by atoms with E-state index in [-0.39, 0.29) is 17.9 Å².